The number of hydrogen-bond acceptors (Lipinski definition) is 3. The second-order valence-corrected chi connectivity index (χ2v) is 4.47. The number of likely N-dealkylation sites (N-methyl/N-ethyl adjacent to an activating group) is 1. The van der Waals surface area contributed by atoms with Gasteiger partial charge in [0.25, 0.3) is 0 Å². The number of carbonyl (C=O) groups is 2. The molecular weight excluding hydrogens is 256 g/mol. The molecule has 1 rings (SSSR count). The van der Waals surface area contributed by atoms with Gasteiger partial charge in [0.15, 0.2) is 0 Å². The molecule has 0 aliphatic heterocycles. The maximum Gasteiger partial charge on any atom is 0.246 e. The number of anilines is 1. The quantitative estimate of drug-likeness (QED) is 0.802. The van der Waals surface area contributed by atoms with Crippen LogP contribution in [0.25, 0.3) is 0 Å². The molecule has 2 amide bonds. The minimum atomic E-state index is -0.250. The second-order valence-electron chi connectivity index (χ2n) is 4.47. The Kier molecular flexibility index (Phi) is 5.49. The van der Waals surface area contributed by atoms with Crippen LogP contribution in [0.2, 0.25) is 0 Å². The van der Waals surface area contributed by atoms with E-state index in [1.807, 2.05) is 32.4 Å². The molecule has 1 heterocycles. The van der Waals surface area contributed by atoms with Crippen LogP contribution in [0.15, 0.2) is 12.7 Å². The molecular formula is C14H22N4O2. The Balaban J connectivity index is 2.78. The molecule has 1 aromatic rings. The lowest BCUT2D eigenvalue weighted by atomic mass is 10.3. The summed E-state index contributed by atoms with van der Waals surface area (Å²) in [5.74, 6) is -0.482. The van der Waals surface area contributed by atoms with E-state index in [9.17, 15) is 9.59 Å². The standard InChI is InChI=1S/C14H22N4O2/c1-6-13(20)17(7-2)9-12(19)15-14-10(4)16-18(8-3)11(14)5/h6H,1,7-9H2,2-5H3,(H,15,19). The predicted octanol–water partition coefficient (Wildman–Crippen LogP) is 1.49. The van der Waals surface area contributed by atoms with E-state index in [0.29, 0.717) is 6.54 Å². The highest BCUT2D eigenvalue weighted by Crippen LogP contribution is 2.19. The summed E-state index contributed by atoms with van der Waals surface area (Å²) in [6.45, 7) is 12.2. The Hall–Kier alpha value is -2.11. The number of nitrogens with zero attached hydrogens (tertiary/aromatic N) is 3. The molecule has 0 unspecified atom stereocenters. The predicted molar refractivity (Wildman–Crippen MR) is 78.5 cm³/mol. The van der Waals surface area contributed by atoms with E-state index >= 15 is 0 Å². The zero-order valence-corrected chi connectivity index (χ0v) is 12.6. The van der Waals surface area contributed by atoms with Crippen molar-refractivity contribution in [3.05, 3.63) is 24.0 Å². The van der Waals surface area contributed by atoms with Gasteiger partial charge in [-0.2, -0.15) is 5.10 Å². The normalized spacial score (nSPS) is 10.2. The van der Waals surface area contributed by atoms with Crippen LogP contribution >= 0.6 is 0 Å². The van der Waals surface area contributed by atoms with Crippen LogP contribution in [0.4, 0.5) is 5.69 Å². The molecule has 0 radical (unpaired) electrons. The number of carbonyl (C=O) groups excluding carboxylic acids is 2. The van der Waals surface area contributed by atoms with Gasteiger partial charge in [0.05, 0.1) is 17.1 Å². The lowest BCUT2D eigenvalue weighted by Gasteiger charge is -2.18. The Morgan fingerprint density at radius 2 is 2.05 bits per heavy atom. The molecule has 0 saturated heterocycles. The number of aromatic nitrogens is 2. The van der Waals surface area contributed by atoms with Crippen LogP contribution in [-0.4, -0.2) is 39.6 Å². The van der Waals surface area contributed by atoms with Gasteiger partial charge >= 0.3 is 0 Å². The fourth-order valence-electron chi connectivity index (χ4n) is 2.01. The third kappa shape index (κ3) is 3.46. The number of aryl methyl sites for hydroxylation is 2. The topological polar surface area (TPSA) is 67.2 Å². The fraction of sp³-hybridized carbons (Fsp3) is 0.500. The zero-order valence-electron chi connectivity index (χ0n) is 12.6. The fourth-order valence-corrected chi connectivity index (χ4v) is 2.01. The minimum Gasteiger partial charge on any atom is -0.330 e. The van der Waals surface area contributed by atoms with Gasteiger partial charge in [-0.15, -0.1) is 0 Å². The monoisotopic (exact) mass is 278 g/mol. The van der Waals surface area contributed by atoms with Crippen LogP contribution in [-0.2, 0) is 16.1 Å². The van der Waals surface area contributed by atoms with E-state index < -0.39 is 0 Å². The van der Waals surface area contributed by atoms with E-state index in [1.54, 1.807) is 0 Å². The van der Waals surface area contributed by atoms with E-state index in [2.05, 4.69) is 17.0 Å². The van der Waals surface area contributed by atoms with Crippen LogP contribution in [0.1, 0.15) is 25.2 Å². The van der Waals surface area contributed by atoms with E-state index in [0.717, 1.165) is 23.6 Å². The van der Waals surface area contributed by atoms with Crippen molar-refractivity contribution in [1.82, 2.24) is 14.7 Å². The maximum atomic E-state index is 12.0. The highest BCUT2D eigenvalue weighted by molar-refractivity contribution is 5.97. The molecule has 0 aliphatic carbocycles. The summed E-state index contributed by atoms with van der Waals surface area (Å²) in [6.07, 6.45) is 1.21. The van der Waals surface area contributed by atoms with Gasteiger partial charge in [-0.25, -0.2) is 0 Å². The molecule has 6 nitrogen and oxygen atoms in total. The van der Waals surface area contributed by atoms with Crippen molar-refractivity contribution < 1.29 is 9.59 Å². The smallest absolute Gasteiger partial charge is 0.246 e. The molecule has 0 fully saturated rings. The van der Waals surface area contributed by atoms with Crippen molar-refractivity contribution in [2.24, 2.45) is 0 Å². The molecule has 0 spiro atoms. The van der Waals surface area contributed by atoms with Gasteiger partial charge in [-0.05, 0) is 33.8 Å². The Morgan fingerprint density at radius 3 is 2.50 bits per heavy atom. The number of nitrogens with one attached hydrogen (secondary N) is 1. The summed E-state index contributed by atoms with van der Waals surface area (Å²) in [4.78, 5) is 25.0. The molecule has 0 aromatic carbocycles. The van der Waals surface area contributed by atoms with Crippen molar-refractivity contribution in [1.29, 1.82) is 0 Å². The average molecular weight is 278 g/mol. The van der Waals surface area contributed by atoms with E-state index in [1.165, 1.54) is 11.0 Å². The molecule has 20 heavy (non-hydrogen) atoms. The SMILES string of the molecule is C=CC(=O)N(CC)CC(=O)Nc1c(C)nn(CC)c1C. The van der Waals surface area contributed by atoms with Crippen molar-refractivity contribution >= 4 is 17.5 Å². The Morgan fingerprint density at radius 1 is 1.40 bits per heavy atom. The first-order valence-corrected chi connectivity index (χ1v) is 6.69. The number of hydrogen-bond donors (Lipinski definition) is 1. The number of rotatable bonds is 6. The first-order chi connectivity index (χ1) is 9.44. The highest BCUT2D eigenvalue weighted by Gasteiger charge is 2.16. The largest absolute Gasteiger partial charge is 0.330 e. The first kappa shape index (κ1) is 15.9. The van der Waals surface area contributed by atoms with Gasteiger partial charge < -0.3 is 10.2 Å². The van der Waals surface area contributed by atoms with Gasteiger partial charge in [0, 0.05) is 13.1 Å². The van der Waals surface area contributed by atoms with Gasteiger partial charge in [-0.1, -0.05) is 6.58 Å². The summed E-state index contributed by atoms with van der Waals surface area (Å²) < 4.78 is 1.83. The third-order valence-corrected chi connectivity index (χ3v) is 3.15. The number of amides is 2. The second kappa shape index (κ2) is 6.88. The molecule has 1 N–H and O–H groups in total. The van der Waals surface area contributed by atoms with Crippen molar-refractivity contribution in [3.8, 4) is 0 Å². The summed E-state index contributed by atoms with van der Waals surface area (Å²) in [6, 6.07) is 0. The molecule has 0 aliphatic rings. The summed E-state index contributed by atoms with van der Waals surface area (Å²) in [7, 11) is 0. The van der Waals surface area contributed by atoms with Gasteiger partial charge in [-0.3, -0.25) is 14.3 Å². The van der Waals surface area contributed by atoms with Crippen molar-refractivity contribution in [2.75, 3.05) is 18.4 Å². The van der Waals surface area contributed by atoms with Gasteiger partial charge in [0.1, 0.15) is 6.54 Å². The molecule has 6 heteroatoms. The zero-order chi connectivity index (χ0) is 15.3. The highest BCUT2D eigenvalue weighted by atomic mass is 16.2. The summed E-state index contributed by atoms with van der Waals surface area (Å²) in [5.41, 5.74) is 2.41. The van der Waals surface area contributed by atoms with E-state index in [-0.39, 0.29) is 18.4 Å². The maximum absolute atomic E-state index is 12.0. The Labute approximate surface area is 119 Å². The molecule has 1 aromatic heterocycles. The summed E-state index contributed by atoms with van der Waals surface area (Å²) >= 11 is 0. The lowest BCUT2D eigenvalue weighted by molar-refractivity contribution is -0.130. The average Bonchev–Trinajstić information content (AvgIpc) is 2.71. The molecule has 0 bridgehead atoms. The van der Waals surface area contributed by atoms with Crippen LogP contribution in [0.3, 0.4) is 0 Å². The Bertz CT molecular complexity index is 519. The molecule has 110 valence electrons. The van der Waals surface area contributed by atoms with Crippen LogP contribution in [0.5, 0.6) is 0 Å². The van der Waals surface area contributed by atoms with Crippen molar-refractivity contribution in [3.63, 3.8) is 0 Å². The lowest BCUT2D eigenvalue weighted by Crippen LogP contribution is -2.36. The van der Waals surface area contributed by atoms with Crippen LogP contribution in [0, 0.1) is 13.8 Å². The molecule has 0 atom stereocenters. The molecule has 0 saturated carbocycles. The summed E-state index contributed by atoms with van der Waals surface area (Å²) in [5, 5.41) is 7.16. The van der Waals surface area contributed by atoms with Gasteiger partial charge in [0.2, 0.25) is 11.8 Å². The first-order valence-electron chi connectivity index (χ1n) is 6.69. The third-order valence-electron chi connectivity index (χ3n) is 3.15. The van der Waals surface area contributed by atoms with Crippen LogP contribution < -0.4 is 5.32 Å². The van der Waals surface area contributed by atoms with E-state index in [4.69, 9.17) is 0 Å². The van der Waals surface area contributed by atoms with Crippen molar-refractivity contribution in [2.45, 2.75) is 34.2 Å². The minimum absolute atomic E-state index is 0.0114.